The largest absolute Gasteiger partial charge is 0.337 e. The number of rotatable bonds is 4. The van der Waals surface area contributed by atoms with E-state index in [2.05, 4.69) is 22.5 Å². The summed E-state index contributed by atoms with van der Waals surface area (Å²) in [5, 5.41) is 7.15. The minimum Gasteiger partial charge on any atom is -0.337 e. The van der Waals surface area contributed by atoms with Crippen molar-refractivity contribution in [2.75, 3.05) is 25.0 Å². The minimum atomic E-state index is -0.242. The van der Waals surface area contributed by atoms with Crippen molar-refractivity contribution in [3.63, 3.8) is 0 Å². The van der Waals surface area contributed by atoms with Crippen molar-refractivity contribution in [2.45, 2.75) is 32.2 Å². The molecule has 0 aliphatic carbocycles. The van der Waals surface area contributed by atoms with Crippen LogP contribution in [0.25, 0.3) is 10.8 Å². The van der Waals surface area contributed by atoms with Crippen molar-refractivity contribution in [1.29, 1.82) is 0 Å². The summed E-state index contributed by atoms with van der Waals surface area (Å²) in [6.45, 7) is 4.83. The second kappa shape index (κ2) is 7.70. The third-order valence-corrected chi connectivity index (χ3v) is 4.96. The lowest BCUT2D eigenvalue weighted by Crippen LogP contribution is -2.43. The van der Waals surface area contributed by atoms with Gasteiger partial charge in [-0.2, -0.15) is 0 Å². The number of aromatic nitrogens is 1. The highest BCUT2D eigenvalue weighted by Gasteiger charge is 2.17. The zero-order valence-corrected chi connectivity index (χ0v) is 14.9. The third-order valence-electron chi connectivity index (χ3n) is 4.96. The summed E-state index contributed by atoms with van der Waals surface area (Å²) in [6.07, 6.45) is 5.43. The number of carbonyl (C=O) groups excluding carboxylic acids is 1. The minimum absolute atomic E-state index is 0.0688. The van der Waals surface area contributed by atoms with Crippen LogP contribution in [0, 0.1) is 0 Å². The molecule has 0 radical (unpaired) electrons. The molecule has 1 aromatic carbocycles. The summed E-state index contributed by atoms with van der Waals surface area (Å²) < 4.78 is 1.49. The van der Waals surface area contributed by atoms with Crippen LogP contribution in [-0.2, 0) is 7.05 Å². The highest BCUT2D eigenvalue weighted by molar-refractivity contribution is 6.00. The van der Waals surface area contributed by atoms with Crippen LogP contribution < -0.4 is 16.2 Å². The molecule has 2 heterocycles. The van der Waals surface area contributed by atoms with E-state index >= 15 is 0 Å². The standard InChI is InChI=1S/C19H26N4O2/c1-14-7-5-6-11-23(14)12-10-20-19(25)21-17-13-22(2)18(24)16-9-4-3-8-15(16)17/h3-4,8-9,13-14H,5-7,10-12H2,1-2H3,(H2,20,21,25)/t14-/m1/s1. The molecule has 0 spiro atoms. The zero-order valence-electron chi connectivity index (χ0n) is 14.9. The molecule has 1 aliphatic rings. The molecule has 2 aromatic rings. The molecule has 25 heavy (non-hydrogen) atoms. The number of likely N-dealkylation sites (tertiary alicyclic amines) is 1. The summed E-state index contributed by atoms with van der Waals surface area (Å²) in [6, 6.07) is 7.66. The molecular weight excluding hydrogens is 316 g/mol. The van der Waals surface area contributed by atoms with E-state index in [9.17, 15) is 9.59 Å². The fourth-order valence-electron chi connectivity index (χ4n) is 3.49. The van der Waals surface area contributed by atoms with Crippen molar-refractivity contribution in [2.24, 2.45) is 7.05 Å². The predicted molar refractivity (Wildman–Crippen MR) is 101 cm³/mol. The predicted octanol–water partition coefficient (Wildman–Crippen LogP) is 2.53. The molecule has 1 atom stereocenters. The van der Waals surface area contributed by atoms with Gasteiger partial charge in [0.2, 0.25) is 0 Å². The Hall–Kier alpha value is -2.34. The van der Waals surface area contributed by atoms with Crippen LogP contribution in [0.1, 0.15) is 26.2 Å². The van der Waals surface area contributed by atoms with E-state index in [0.717, 1.165) is 18.5 Å². The Kier molecular flexibility index (Phi) is 5.38. The summed E-state index contributed by atoms with van der Waals surface area (Å²) in [5.74, 6) is 0. The smallest absolute Gasteiger partial charge is 0.319 e. The first-order chi connectivity index (χ1) is 12.1. The fraction of sp³-hybridized carbons (Fsp3) is 0.474. The summed E-state index contributed by atoms with van der Waals surface area (Å²) in [7, 11) is 1.69. The van der Waals surface area contributed by atoms with Gasteiger partial charge in [0, 0.05) is 43.1 Å². The Labute approximate surface area is 147 Å². The molecule has 1 aliphatic heterocycles. The number of nitrogens with one attached hydrogen (secondary N) is 2. The van der Waals surface area contributed by atoms with E-state index in [1.807, 2.05) is 18.2 Å². The van der Waals surface area contributed by atoms with Crippen LogP contribution in [0.5, 0.6) is 0 Å². The second-order valence-electron chi connectivity index (χ2n) is 6.77. The second-order valence-corrected chi connectivity index (χ2v) is 6.77. The first kappa shape index (κ1) is 17.5. The van der Waals surface area contributed by atoms with E-state index < -0.39 is 0 Å². The maximum atomic E-state index is 12.2. The molecule has 3 rings (SSSR count). The van der Waals surface area contributed by atoms with E-state index in [4.69, 9.17) is 0 Å². The molecule has 2 amide bonds. The Morgan fingerprint density at radius 3 is 2.76 bits per heavy atom. The van der Waals surface area contributed by atoms with Crippen LogP contribution >= 0.6 is 0 Å². The molecule has 1 aromatic heterocycles. The molecular formula is C19H26N4O2. The van der Waals surface area contributed by atoms with Gasteiger partial charge in [-0.1, -0.05) is 24.6 Å². The van der Waals surface area contributed by atoms with Crippen molar-refractivity contribution in [3.05, 3.63) is 40.8 Å². The average molecular weight is 342 g/mol. The van der Waals surface area contributed by atoms with E-state index in [-0.39, 0.29) is 11.6 Å². The molecule has 2 N–H and O–H groups in total. The zero-order chi connectivity index (χ0) is 17.8. The van der Waals surface area contributed by atoms with Gasteiger partial charge in [-0.15, -0.1) is 0 Å². The lowest BCUT2D eigenvalue weighted by atomic mass is 10.0. The van der Waals surface area contributed by atoms with Crippen LogP contribution in [0.4, 0.5) is 10.5 Å². The number of anilines is 1. The van der Waals surface area contributed by atoms with Gasteiger partial charge in [-0.05, 0) is 32.4 Å². The van der Waals surface area contributed by atoms with E-state index in [1.165, 1.54) is 23.8 Å². The highest BCUT2D eigenvalue weighted by Crippen LogP contribution is 2.20. The molecule has 1 fully saturated rings. The topological polar surface area (TPSA) is 66.4 Å². The van der Waals surface area contributed by atoms with Crippen LogP contribution in [0.15, 0.2) is 35.3 Å². The van der Waals surface area contributed by atoms with Crippen LogP contribution in [0.3, 0.4) is 0 Å². The molecule has 0 saturated carbocycles. The summed E-state index contributed by atoms with van der Waals surface area (Å²) >= 11 is 0. The number of urea groups is 1. The lowest BCUT2D eigenvalue weighted by Gasteiger charge is -2.33. The van der Waals surface area contributed by atoms with Gasteiger partial charge in [0.1, 0.15) is 0 Å². The molecule has 0 bridgehead atoms. The normalized spacial score (nSPS) is 18.2. The SMILES string of the molecule is C[C@@H]1CCCCN1CCNC(=O)Nc1cn(C)c(=O)c2ccccc12. The Bertz CT molecular complexity index is 815. The lowest BCUT2D eigenvalue weighted by molar-refractivity contribution is 0.162. The van der Waals surface area contributed by atoms with Crippen molar-refractivity contribution in [3.8, 4) is 0 Å². The summed E-state index contributed by atoms with van der Waals surface area (Å²) in [5.41, 5.74) is 0.571. The van der Waals surface area contributed by atoms with Gasteiger partial charge in [0.05, 0.1) is 5.69 Å². The number of benzene rings is 1. The number of aryl methyl sites for hydroxylation is 1. The third kappa shape index (κ3) is 4.02. The van der Waals surface area contributed by atoms with Gasteiger partial charge in [-0.3, -0.25) is 9.69 Å². The van der Waals surface area contributed by atoms with Gasteiger partial charge < -0.3 is 15.2 Å². The maximum Gasteiger partial charge on any atom is 0.319 e. The number of amides is 2. The van der Waals surface area contributed by atoms with Crippen LogP contribution in [-0.4, -0.2) is 41.2 Å². The number of hydrogen-bond acceptors (Lipinski definition) is 3. The van der Waals surface area contributed by atoms with Gasteiger partial charge in [-0.25, -0.2) is 4.79 Å². The van der Waals surface area contributed by atoms with Crippen molar-refractivity contribution >= 4 is 22.5 Å². The number of carbonyl (C=O) groups is 1. The first-order valence-electron chi connectivity index (χ1n) is 8.93. The Balaban J connectivity index is 1.62. The number of hydrogen-bond donors (Lipinski definition) is 2. The van der Waals surface area contributed by atoms with E-state index in [0.29, 0.717) is 23.7 Å². The van der Waals surface area contributed by atoms with Crippen molar-refractivity contribution < 1.29 is 4.79 Å². The Morgan fingerprint density at radius 1 is 1.24 bits per heavy atom. The average Bonchev–Trinajstić information content (AvgIpc) is 2.61. The molecule has 134 valence electrons. The van der Waals surface area contributed by atoms with Crippen LogP contribution in [0.2, 0.25) is 0 Å². The van der Waals surface area contributed by atoms with Gasteiger partial charge >= 0.3 is 6.03 Å². The van der Waals surface area contributed by atoms with Gasteiger partial charge in [0.25, 0.3) is 5.56 Å². The summed E-state index contributed by atoms with van der Waals surface area (Å²) in [4.78, 5) is 26.8. The quantitative estimate of drug-likeness (QED) is 0.897. The molecule has 6 heteroatoms. The molecule has 1 saturated heterocycles. The number of piperidine rings is 1. The number of fused-ring (bicyclic) bond motifs is 1. The van der Waals surface area contributed by atoms with Gasteiger partial charge in [0.15, 0.2) is 0 Å². The van der Waals surface area contributed by atoms with Crippen molar-refractivity contribution in [1.82, 2.24) is 14.8 Å². The molecule has 6 nitrogen and oxygen atoms in total. The maximum absolute atomic E-state index is 12.2. The molecule has 0 unspecified atom stereocenters. The number of nitrogens with zero attached hydrogens (tertiary/aromatic N) is 2. The first-order valence-corrected chi connectivity index (χ1v) is 8.93. The fourth-order valence-corrected chi connectivity index (χ4v) is 3.49. The Morgan fingerprint density at radius 2 is 2.00 bits per heavy atom. The highest BCUT2D eigenvalue weighted by atomic mass is 16.2. The monoisotopic (exact) mass is 342 g/mol. The van der Waals surface area contributed by atoms with E-state index in [1.54, 1.807) is 19.3 Å². The number of pyridine rings is 1.